The van der Waals surface area contributed by atoms with E-state index in [2.05, 4.69) is 0 Å². The third kappa shape index (κ3) is 3.42. The minimum Gasteiger partial charge on any atom is -0.493 e. The average Bonchev–Trinajstić information content (AvgIpc) is 3.29. The Hall–Kier alpha value is -2.82. The number of carbonyl (C=O) groups is 1. The molecule has 2 saturated carbocycles. The van der Waals surface area contributed by atoms with E-state index in [-0.39, 0.29) is 23.9 Å². The number of amides is 1. The van der Waals surface area contributed by atoms with Crippen LogP contribution in [0.15, 0.2) is 41.2 Å². The molecule has 10 heteroatoms. The number of benzene rings is 1. The van der Waals surface area contributed by atoms with Crippen LogP contribution < -0.4 is 9.47 Å². The molecule has 7 rings (SSSR count). The summed E-state index contributed by atoms with van der Waals surface area (Å²) in [5.41, 5.74) is 1.93. The van der Waals surface area contributed by atoms with Crippen molar-refractivity contribution in [1.82, 2.24) is 9.21 Å². The van der Waals surface area contributed by atoms with Gasteiger partial charge >= 0.3 is 10.3 Å². The maximum Gasteiger partial charge on any atom is 0.339 e. The topological polar surface area (TPSA) is 98.5 Å². The van der Waals surface area contributed by atoms with Crippen molar-refractivity contribution < 1.29 is 31.3 Å². The second-order valence-corrected chi connectivity index (χ2v) is 12.4. The SMILES string of the molecule is COc1ccc2c3c1O[C@@H]1C3[C@]3(CC[C@H]1N(C)C(=O)/C=C/c1ccoc1)OS(=O)(=O)N(CC1CC1)[C@@H]3C2. The third-order valence-electron chi connectivity index (χ3n) is 8.91. The van der Waals surface area contributed by atoms with E-state index in [9.17, 15) is 13.2 Å². The van der Waals surface area contributed by atoms with Crippen molar-refractivity contribution in [2.45, 2.75) is 61.8 Å². The summed E-state index contributed by atoms with van der Waals surface area (Å²) in [6, 6.07) is 5.16. The molecule has 3 fully saturated rings. The van der Waals surface area contributed by atoms with Gasteiger partial charge in [0.1, 0.15) is 11.7 Å². The van der Waals surface area contributed by atoms with Crippen LogP contribution in [0.1, 0.15) is 48.3 Å². The molecular formula is C27H30N2O7S. The molecule has 3 heterocycles. The highest BCUT2D eigenvalue weighted by atomic mass is 32.2. The Bertz CT molecular complexity index is 1380. The molecule has 1 amide bonds. The fourth-order valence-electron chi connectivity index (χ4n) is 6.96. The van der Waals surface area contributed by atoms with Crippen molar-refractivity contribution in [1.29, 1.82) is 0 Å². The van der Waals surface area contributed by atoms with Crippen LogP contribution >= 0.6 is 0 Å². The first-order valence-electron chi connectivity index (χ1n) is 12.9. The van der Waals surface area contributed by atoms with Crippen LogP contribution in [0, 0.1) is 5.92 Å². The smallest absolute Gasteiger partial charge is 0.339 e. The van der Waals surface area contributed by atoms with E-state index in [1.165, 1.54) is 6.08 Å². The molecule has 1 aromatic heterocycles. The molecule has 0 N–H and O–H groups in total. The van der Waals surface area contributed by atoms with Gasteiger partial charge in [-0.25, -0.2) is 4.18 Å². The van der Waals surface area contributed by atoms with Gasteiger partial charge in [0.15, 0.2) is 11.5 Å². The molecule has 1 spiro atoms. The summed E-state index contributed by atoms with van der Waals surface area (Å²) in [5, 5.41) is 0. The van der Waals surface area contributed by atoms with E-state index in [1.807, 2.05) is 12.1 Å². The van der Waals surface area contributed by atoms with E-state index >= 15 is 0 Å². The molecule has 1 aromatic carbocycles. The van der Waals surface area contributed by atoms with E-state index in [1.54, 1.807) is 48.0 Å². The maximum absolute atomic E-state index is 13.4. The Morgan fingerprint density at radius 2 is 2.11 bits per heavy atom. The Morgan fingerprint density at radius 1 is 1.27 bits per heavy atom. The van der Waals surface area contributed by atoms with E-state index in [0.29, 0.717) is 43.2 Å². The summed E-state index contributed by atoms with van der Waals surface area (Å²) < 4.78 is 51.9. The lowest BCUT2D eigenvalue weighted by molar-refractivity contribution is -0.133. The Labute approximate surface area is 216 Å². The highest BCUT2D eigenvalue weighted by molar-refractivity contribution is 7.84. The lowest BCUT2D eigenvalue weighted by Gasteiger charge is -2.50. The van der Waals surface area contributed by atoms with Gasteiger partial charge in [-0.15, -0.1) is 0 Å². The van der Waals surface area contributed by atoms with Crippen molar-refractivity contribution in [2.24, 2.45) is 5.92 Å². The molecule has 1 saturated heterocycles. The Balaban J connectivity index is 1.28. The number of furan rings is 1. The standard InChI is InChI=1S/C27H30N2O7S/c1-28(22(30)8-5-17-10-12-34-15-17)19-9-11-27-21(29(14-16-3-4-16)37(31,32)36-27)13-18-6-7-20(33-2)26-23(18)24(27)25(19)35-26/h5-8,10,12,15-16,19,21,24-25H,3-4,9,11,13-14H2,1-2H3/b8-5+/t19-,21-,24?,25+,27-/m1/s1. The normalized spacial score (nSPS) is 33.1. The van der Waals surface area contributed by atoms with Gasteiger partial charge in [0.2, 0.25) is 5.91 Å². The van der Waals surface area contributed by atoms with Crippen LogP contribution in [0.25, 0.3) is 6.08 Å². The molecule has 2 aromatic rings. The summed E-state index contributed by atoms with van der Waals surface area (Å²) in [6.45, 7) is 0.506. The molecule has 5 atom stereocenters. The summed E-state index contributed by atoms with van der Waals surface area (Å²) in [4.78, 5) is 14.9. The van der Waals surface area contributed by atoms with Crippen molar-refractivity contribution in [3.63, 3.8) is 0 Å². The van der Waals surface area contributed by atoms with Crippen LogP contribution in [-0.4, -0.2) is 68.0 Å². The van der Waals surface area contributed by atoms with Crippen LogP contribution in [0.4, 0.5) is 0 Å². The fourth-order valence-corrected chi connectivity index (χ4v) is 8.71. The number of rotatable bonds is 6. The molecule has 2 aliphatic heterocycles. The first kappa shape index (κ1) is 23.3. The second-order valence-electron chi connectivity index (χ2n) is 10.9. The van der Waals surface area contributed by atoms with Gasteiger partial charge in [-0.3, -0.25) is 4.79 Å². The Kier molecular flexibility index (Phi) is 5.09. The summed E-state index contributed by atoms with van der Waals surface area (Å²) >= 11 is 0. The number of ether oxygens (including phenoxy) is 2. The summed E-state index contributed by atoms with van der Waals surface area (Å²) in [6.07, 6.45) is 9.71. The zero-order valence-electron chi connectivity index (χ0n) is 20.8. The van der Waals surface area contributed by atoms with Gasteiger partial charge in [0.05, 0.1) is 37.6 Å². The zero-order valence-corrected chi connectivity index (χ0v) is 21.6. The van der Waals surface area contributed by atoms with Crippen molar-refractivity contribution in [2.75, 3.05) is 20.7 Å². The van der Waals surface area contributed by atoms with E-state index in [0.717, 1.165) is 29.5 Å². The summed E-state index contributed by atoms with van der Waals surface area (Å²) in [5.74, 6) is 1.19. The predicted octanol–water partition coefficient (Wildman–Crippen LogP) is 3.12. The lowest BCUT2D eigenvalue weighted by atomic mass is 9.61. The molecule has 0 radical (unpaired) electrons. The minimum absolute atomic E-state index is 0.156. The van der Waals surface area contributed by atoms with Gasteiger partial charge in [0, 0.05) is 30.8 Å². The van der Waals surface area contributed by atoms with Crippen LogP contribution in [0.2, 0.25) is 0 Å². The van der Waals surface area contributed by atoms with Gasteiger partial charge < -0.3 is 18.8 Å². The zero-order chi connectivity index (χ0) is 25.5. The van der Waals surface area contributed by atoms with Gasteiger partial charge in [-0.2, -0.15) is 12.7 Å². The average molecular weight is 527 g/mol. The molecule has 37 heavy (non-hydrogen) atoms. The van der Waals surface area contributed by atoms with Gasteiger partial charge in [-0.1, -0.05) is 6.07 Å². The lowest BCUT2D eigenvalue weighted by Crippen LogP contribution is -2.63. The molecule has 9 nitrogen and oxygen atoms in total. The van der Waals surface area contributed by atoms with Gasteiger partial charge in [0.25, 0.3) is 0 Å². The number of hydrogen-bond donors (Lipinski definition) is 0. The van der Waals surface area contributed by atoms with E-state index < -0.39 is 22.0 Å². The maximum atomic E-state index is 13.4. The van der Waals surface area contributed by atoms with Crippen molar-refractivity contribution in [3.05, 3.63) is 53.5 Å². The first-order valence-corrected chi connectivity index (χ1v) is 14.2. The predicted molar refractivity (Wildman–Crippen MR) is 133 cm³/mol. The number of likely N-dealkylation sites (N-methyl/N-ethyl adjacent to an activating group) is 1. The highest BCUT2D eigenvalue weighted by Crippen LogP contribution is 2.63. The first-order chi connectivity index (χ1) is 17.8. The van der Waals surface area contributed by atoms with Crippen molar-refractivity contribution >= 4 is 22.3 Å². The van der Waals surface area contributed by atoms with Crippen LogP contribution in [-0.2, 0) is 25.7 Å². The minimum atomic E-state index is -3.88. The third-order valence-corrected chi connectivity index (χ3v) is 10.4. The highest BCUT2D eigenvalue weighted by Gasteiger charge is 2.70. The molecule has 0 bridgehead atoms. The number of methoxy groups -OCH3 is 1. The Morgan fingerprint density at radius 3 is 2.84 bits per heavy atom. The summed E-state index contributed by atoms with van der Waals surface area (Å²) in [7, 11) is -0.497. The van der Waals surface area contributed by atoms with E-state index in [4.69, 9.17) is 18.1 Å². The number of carbonyl (C=O) groups excluding carboxylic acids is 1. The molecule has 196 valence electrons. The molecular weight excluding hydrogens is 496 g/mol. The second kappa shape index (κ2) is 8.09. The number of nitrogens with zero attached hydrogens (tertiary/aromatic N) is 2. The van der Waals surface area contributed by atoms with Crippen LogP contribution in [0.3, 0.4) is 0 Å². The molecule has 3 aliphatic carbocycles. The largest absolute Gasteiger partial charge is 0.493 e. The monoisotopic (exact) mass is 526 g/mol. The van der Waals surface area contributed by atoms with Crippen LogP contribution in [0.5, 0.6) is 11.5 Å². The number of hydrogen-bond acceptors (Lipinski definition) is 7. The van der Waals surface area contributed by atoms with Gasteiger partial charge in [-0.05, 0) is 61.8 Å². The quantitative estimate of drug-likeness (QED) is 0.534. The fraction of sp³-hybridized carbons (Fsp3) is 0.519. The van der Waals surface area contributed by atoms with Crippen molar-refractivity contribution in [3.8, 4) is 11.5 Å². The molecule has 1 unspecified atom stereocenters. The molecule has 5 aliphatic rings.